The van der Waals surface area contributed by atoms with Crippen LogP contribution in [-0.2, 0) is 4.79 Å². The molecule has 0 saturated heterocycles. The van der Waals surface area contributed by atoms with E-state index in [0.29, 0.717) is 16.2 Å². The normalized spacial score (nSPS) is 17.6. The van der Waals surface area contributed by atoms with Gasteiger partial charge >= 0.3 is 0 Å². The molecule has 0 aromatic heterocycles. The van der Waals surface area contributed by atoms with Gasteiger partial charge in [0.25, 0.3) is 0 Å². The summed E-state index contributed by atoms with van der Waals surface area (Å²) in [7, 11) is 1.95. The molecule has 0 saturated carbocycles. The Balaban J connectivity index is 2.03. The number of allylic oxidation sites excluding steroid dienone is 1. The van der Waals surface area contributed by atoms with Gasteiger partial charge in [-0.2, -0.15) is 0 Å². The second kappa shape index (κ2) is 8.11. The molecule has 1 heterocycles. The van der Waals surface area contributed by atoms with E-state index in [1.165, 1.54) is 11.8 Å². The number of ketones is 2. The molecule has 2 aromatic carbocycles. The molecule has 0 radical (unpaired) electrons. The first kappa shape index (κ1) is 18.7. The number of rotatable bonds is 5. The van der Waals surface area contributed by atoms with Crippen LogP contribution in [0.25, 0.3) is 0 Å². The summed E-state index contributed by atoms with van der Waals surface area (Å²) in [4.78, 5) is 28.0. The van der Waals surface area contributed by atoms with Gasteiger partial charge in [-0.3, -0.25) is 9.59 Å². The Morgan fingerprint density at radius 3 is 2.42 bits per heavy atom. The van der Waals surface area contributed by atoms with Gasteiger partial charge in [0.15, 0.2) is 11.6 Å². The first-order valence-corrected chi connectivity index (χ1v) is 9.87. The Kier molecular flexibility index (Phi) is 5.84. The van der Waals surface area contributed by atoms with Crippen molar-refractivity contribution in [1.82, 2.24) is 4.90 Å². The maximum Gasteiger partial charge on any atom is 0.199 e. The predicted molar refractivity (Wildman–Crippen MR) is 108 cm³/mol. The zero-order chi connectivity index (χ0) is 18.7. The third kappa shape index (κ3) is 3.71. The van der Waals surface area contributed by atoms with Gasteiger partial charge in [-0.1, -0.05) is 61.0 Å². The van der Waals surface area contributed by atoms with E-state index < -0.39 is 0 Å². The lowest BCUT2D eigenvalue weighted by molar-refractivity contribution is -0.117. The van der Waals surface area contributed by atoms with Crippen LogP contribution in [0.5, 0.6) is 0 Å². The van der Waals surface area contributed by atoms with Gasteiger partial charge in [0.05, 0.1) is 16.6 Å². The van der Waals surface area contributed by atoms with Crippen LogP contribution in [0.1, 0.15) is 35.3 Å². The number of Topliss-reactive ketones (excluding diaryl/α,β-unsaturated/α-hetero) is 2. The molecule has 26 heavy (non-hydrogen) atoms. The molecular formula is C21H20ClNO2S. The highest BCUT2D eigenvalue weighted by Gasteiger charge is 2.36. The molecule has 1 unspecified atom stereocenters. The third-order valence-corrected chi connectivity index (χ3v) is 5.76. The number of carbonyl (C=O) groups excluding carboxylic acids is 2. The molecule has 0 bridgehead atoms. The van der Waals surface area contributed by atoms with Gasteiger partial charge in [0.2, 0.25) is 0 Å². The van der Waals surface area contributed by atoms with E-state index in [1.807, 2.05) is 56.4 Å². The number of carbonyl (C=O) groups is 2. The average molecular weight is 386 g/mol. The predicted octanol–water partition coefficient (Wildman–Crippen LogP) is 5.13. The van der Waals surface area contributed by atoms with Crippen LogP contribution < -0.4 is 0 Å². The largest absolute Gasteiger partial charge is 0.361 e. The van der Waals surface area contributed by atoms with E-state index in [9.17, 15) is 9.59 Å². The van der Waals surface area contributed by atoms with Crippen LogP contribution in [-0.4, -0.2) is 29.3 Å². The van der Waals surface area contributed by atoms with Crippen LogP contribution in [0.3, 0.4) is 0 Å². The summed E-state index contributed by atoms with van der Waals surface area (Å²) in [5.74, 6) is 0.479. The number of halogens is 1. The fourth-order valence-corrected chi connectivity index (χ4v) is 4.23. The molecule has 3 nitrogen and oxygen atoms in total. The van der Waals surface area contributed by atoms with E-state index in [0.717, 1.165) is 16.3 Å². The number of nitrogens with zero attached hydrogens (tertiary/aromatic N) is 1. The molecule has 1 atom stereocenters. The fraction of sp³-hybridized carbons (Fsp3) is 0.238. The monoisotopic (exact) mass is 385 g/mol. The first-order chi connectivity index (χ1) is 12.5. The van der Waals surface area contributed by atoms with Gasteiger partial charge in [-0.05, 0) is 23.4 Å². The van der Waals surface area contributed by atoms with E-state index in [-0.39, 0.29) is 24.0 Å². The van der Waals surface area contributed by atoms with Crippen molar-refractivity contribution < 1.29 is 9.59 Å². The minimum atomic E-state index is -0.201. The van der Waals surface area contributed by atoms with Crippen LogP contribution in [0.2, 0.25) is 5.02 Å². The Morgan fingerprint density at radius 1 is 1.15 bits per heavy atom. The van der Waals surface area contributed by atoms with Gasteiger partial charge in [0, 0.05) is 24.1 Å². The zero-order valence-corrected chi connectivity index (χ0v) is 16.3. The van der Waals surface area contributed by atoms with Crippen molar-refractivity contribution in [3.05, 3.63) is 81.3 Å². The molecule has 0 aliphatic carbocycles. The molecule has 134 valence electrons. The number of hydrogen-bond acceptors (Lipinski definition) is 4. The van der Waals surface area contributed by atoms with Crippen molar-refractivity contribution in [2.75, 3.05) is 12.8 Å². The standard InChI is InChI=1S/C21H20ClNO2S/c1-3-26-21-19(20(25)15-7-5-4-6-8-15)18(24)13-17(23(21)2)14-9-11-16(22)12-10-14/h4-12,17H,3,13H2,1-2H3. The van der Waals surface area contributed by atoms with Crippen molar-refractivity contribution >= 4 is 34.9 Å². The summed E-state index contributed by atoms with van der Waals surface area (Å²) >= 11 is 7.52. The minimum Gasteiger partial charge on any atom is -0.361 e. The van der Waals surface area contributed by atoms with E-state index in [4.69, 9.17) is 11.6 Å². The quantitative estimate of drug-likeness (QED) is 0.528. The summed E-state index contributed by atoms with van der Waals surface area (Å²) < 4.78 is 0. The van der Waals surface area contributed by atoms with Gasteiger partial charge < -0.3 is 4.90 Å². The van der Waals surface area contributed by atoms with Gasteiger partial charge in [-0.15, -0.1) is 11.8 Å². The molecule has 1 aliphatic heterocycles. The van der Waals surface area contributed by atoms with E-state index in [2.05, 4.69) is 4.90 Å². The number of benzene rings is 2. The lowest BCUT2D eigenvalue weighted by atomic mass is 9.90. The number of hydrogen-bond donors (Lipinski definition) is 0. The van der Waals surface area contributed by atoms with Crippen molar-refractivity contribution in [3.8, 4) is 0 Å². The molecule has 1 aliphatic rings. The SMILES string of the molecule is CCSC1=C(C(=O)c2ccccc2)C(=O)CC(c2ccc(Cl)cc2)N1C. The second-order valence-electron chi connectivity index (χ2n) is 6.11. The highest BCUT2D eigenvalue weighted by atomic mass is 35.5. The highest BCUT2D eigenvalue weighted by molar-refractivity contribution is 8.03. The Labute approximate surface area is 163 Å². The van der Waals surface area contributed by atoms with Crippen molar-refractivity contribution in [3.63, 3.8) is 0 Å². The topological polar surface area (TPSA) is 37.4 Å². The fourth-order valence-electron chi connectivity index (χ4n) is 3.15. The summed E-state index contributed by atoms with van der Waals surface area (Å²) in [5.41, 5.74) is 1.87. The van der Waals surface area contributed by atoms with Crippen LogP contribution in [0, 0.1) is 0 Å². The molecule has 0 fully saturated rings. The Hall–Kier alpha value is -2.04. The molecular weight excluding hydrogens is 366 g/mol. The zero-order valence-electron chi connectivity index (χ0n) is 14.7. The van der Waals surface area contributed by atoms with Crippen LogP contribution >= 0.6 is 23.4 Å². The lowest BCUT2D eigenvalue weighted by Gasteiger charge is -2.36. The molecule has 0 N–H and O–H groups in total. The Morgan fingerprint density at radius 2 is 1.81 bits per heavy atom. The summed E-state index contributed by atoms with van der Waals surface area (Å²) in [6, 6.07) is 16.4. The third-order valence-electron chi connectivity index (χ3n) is 4.46. The number of thioether (sulfide) groups is 1. The Bertz CT molecular complexity index is 846. The first-order valence-electron chi connectivity index (χ1n) is 8.51. The van der Waals surface area contributed by atoms with Crippen molar-refractivity contribution in [2.24, 2.45) is 0 Å². The smallest absolute Gasteiger partial charge is 0.199 e. The van der Waals surface area contributed by atoms with Crippen molar-refractivity contribution in [1.29, 1.82) is 0 Å². The molecule has 3 rings (SSSR count). The van der Waals surface area contributed by atoms with E-state index >= 15 is 0 Å². The molecule has 5 heteroatoms. The van der Waals surface area contributed by atoms with Crippen LogP contribution in [0.4, 0.5) is 0 Å². The molecule has 0 amide bonds. The minimum absolute atomic E-state index is 0.0962. The van der Waals surface area contributed by atoms with Gasteiger partial charge in [-0.25, -0.2) is 0 Å². The molecule has 0 spiro atoms. The summed E-state index contributed by atoms with van der Waals surface area (Å²) in [6.07, 6.45) is 0.278. The van der Waals surface area contributed by atoms with Crippen molar-refractivity contribution in [2.45, 2.75) is 19.4 Å². The highest BCUT2D eigenvalue weighted by Crippen LogP contribution is 2.39. The maximum absolute atomic E-state index is 13.0. The van der Waals surface area contributed by atoms with Gasteiger partial charge in [0.1, 0.15) is 0 Å². The maximum atomic E-state index is 13.0. The van der Waals surface area contributed by atoms with Crippen LogP contribution in [0.15, 0.2) is 65.2 Å². The summed E-state index contributed by atoms with van der Waals surface area (Å²) in [5, 5.41) is 1.41. The summed E-state index contributed by atoms with van der Waals surface area (Å²) in [6.45, 7) is 2.02. The average Bonchev–Trinajstić information content (AvgIpc) is 2.66. The molecule has 2 aromatic rings. The lowest BCUT2D eigenvalue weighted by Crippen LogP contribution is -2.35. The van der Waals surface area contributed by atoms with E-state index in [1.54, 1.807) is 12.1 Å². The second-order valence-corrected chi connectivity index (χ2v) is 7.80.